The van der Waals surface area contributed by atoms with E-state index in [1.54, 1.807) is 44.1 Å². The van der Waals surface area contributed by atoms with E-state index in [1.165, 1.54) is 12.1 Å². The summed E-state index contributed by atoms with van der Waals surface area (Å²) in [5.74, 6) is 0.322. The van der Waals surface area contributed by atoms with Crippen LogP contribution in [0.2, 0.25) is 0 Å². The quantitative estimate of drug-likeness (QED) is 0.653. The maximum Gasteiger partial charge on any atom is 0.416 e. The van der Waals surface area contributed by atoms with E-state index >= 15 is 0 Å². The maximum absolute atomic E-state index is 12.5. The standard InChI is InChI=1S/C17H22F3NO3.C4H5N3.C2H6/c1-16(2,3)24-15(22)21-9-8-14(10-21)23-11-12-4-6-13(7-5-12)17(18,19)20;5-4-6-2-1-3-7-4;1-2/h4-7,14H,8-11H2,1-3H3;1-3H,(H2,5,6,7);1-2H3. The number of carbonyl (C=O) groups excluding carboxylic acids is 1. The molecule has 10 heteroatoms. The van der Waals surface area contributed by atoms with Gasteiger partial charge in [-0.2, -0.15) is 13.2 Å². The van der Waals surface area contributed by atoms with Gasteiger partial charge in [0.1, 0.15) is 5.60 Å². The van der Waals surface area contributed by atoms with Crippen LogP contribution >= 0.6 is 0 Å². The molecule has 2 heterocycles. The summed E-state index contributed by atoms with van der Waals surface area (Å²) >= 11 is 0. The van der Waals surface area contributed by atoms with E-state index in [0.717, 1.165) is 12.1 Å². The molecule has 1 aliphatic rings. The number of ether oxygens (including phenoxy) is 2. The SMILES string of the molecule is CC.CC(C)(C)OC(=O)N1CCC(OCc2ccc(C(F)(F)F)cc2)C1.Nc1ncccn1. The molecule has 0 spiro atoms. The monoisotopic (exact) mass is 470 g/mol. The molecule has 1 aromatic carbocycles. The number of nitrogens with zero attached hydrogens (tertiary/aromatic N) is 3. The van der Waals surface area contributed by atoms with Crippen LogP contribution in [0.4, 0.5) is 23.9 Å². The smallest absolute Gasteiger partial charge is 0.416 e. The van der Waals surface area contributed by atoms with Crippen molar-refractivity contribution in [3.63, 3.8) is 0 Å². The minimum Gasteiger partial charge on any atom is -0.444 e. The van der Waals surface area contributed by atoms with Gasteiger partial charge < -0.3 is 20.1 Å². The fourth-order valence-electron chi connectivity index (χ4n) is 2.67. The molecule has 1 atom stereocenters. The Morgan fingerprint density at radius 2 is 1.70 bits per heavy atom. The molecule has 1 saturated heterocycles. The summed E-state index contributed by atoms with van der Waals surface area (Å²) in [6.07, 6.45) is -0.966. The number of rotatable bonds is 3. The third-order valence-electron chi connectivity index (χ3n) is 4.15. The summed E-state index contributed by atoms with van der Waals surface area (Å²) in [4.78, 5) is 20.8. The lowest BCUT2D eigenvalue weighted by Crippen LogP contribution is -2.36. The van der Waals surface area contributed by atoms with Crippen molar-refractivity contribution < 1.29 is 27.4 Å². The van der Waals surface area contributed by atoms with Crippen molar-refractivity contribution in [1.82, 2.24) is 14.9 Å². The molecular formula is C23H33F3N4O3. The number of hydrogen-bond acceptors (Lipinski definition) is 6. The van der Waals surface area contributed by atoms with Crippen LogP contribution in [0.1, 0.15) is 52.2 Å². The van der Waals surface area contributed by atoms with Gasteiger partial charge in [0.15, 0.2) is 0 Å². The lowest BCUT2D eigenvalue weighted by Gasteiger charge is -2.24. The highest BCUT2D eigenvalue weighted by atomic mass is 19.4. The van der Waals surface area contributed by atoms with Gasteiger partial charge in [-0.25, -0.2) is 14.8 Å². The van der Waals surface area contributed by atoms with Crippen LogP contribution in [0.15, 0.2) is 42.7 Å². The second-order valence-electron chi connectivity index (χ2n) is 7.95. The van der Waals surface area contributed by atoms with Crippen LogP contribution < -0.4 is 5.73 Å². The van der Waals surface area contributed by atoms with Crippen LogP contribution in [0.3, 0.4) is 0 Å². The van der Waals surface area contributed by atoms with Crippen molar-refractivity contribution in [3.05, 3.63) is 53.9 Å². The van der Waals surface area contributed by atoms with Gasteiger partial charge in [-0.3, -0.25) is 0 Å². The van der Waals surface area contributed by atoms with Crippen LogP contribution in [-0.4, -0.2) is 45.8 Å². The van der Waals surface area contributed by atoms with E-state index in [0.29, 0.717) is 31.0 Å². The first kappa shape index (κ1) is 28.2. The number of amides is 1. The first-order chi connectivity index (χ1) is 15.4. The lowest BCUT2D eigenvalue weighted by atomic mass is 10.1. The average Bonchev–Trinajstić information content (AvgIpc) is 3.23. The van der Waals surface area contributed by atoms with Gasteiger partial charge in [0, 0.05) is 18.9 Å². The molecule has 3 rings (SSSR count). The fourth-order valence-corrected chi connectivity index (χ4v) is 2.67. The number of alkyl halides is 3. The number of hydrogen-bond donors (Lipinski definition) is 1. The Balaban J connectivity index is 0.000000508. The highest BCUT2D eigenvalue weighted by Crippen LogP contribution is 2.29. The van der Waals surface area contributed by atoms with E-state index in [1.807, 2.05) is 13.8 Å². The molecule has 2 N–H and O–H groups in total. The van der Waals surface area contributed by atoms with Crippen molar-refractivity contribution in [3.8, 4) is 0 Å². The molecule has 0 bridgehead atoms. The van der Waals surface area contributed by atoms with Gasteiger partial charge in [0.25, 0.3) is 0 Å². The minimum absolute atomic E-state index is 0.139. The molecule has 0 aliphatic carbocycles. The number of nitrogens with two attached hydrogens (primary N) is 1. The van der Waals surface area contributed by atoms with Crippen LogP contribution in [0.25, 0.3) is 0 Å². The Morgan fingerprint density at radius 1 is 1.12 bits per heavy atom. The third-order valence-corrected chi connectivity index (χ3v) is 4.15. The number of halogens is 3. The van der Waals surface area contributed by atoms with Gasteiger partial charge in [-0.15, -0.1) is 0 Å². The molecule has 1 aromatic heterocycles. The normalized spacial score (nSPS) is 15.6. The number of aromatic nitrogens is 2. The minimum atomic E-state index is -4.33. The van der Waals surface area contributed by atoms with Crippen molar-refractivity contribution in [2.45, 2.75) is 65.5 Å². The van der Waals surface area contributed by atoms with Gasteiger partial charge in [0.05, 0.1) is 24.8 Å². The Morgan fingerprint density at radius 3 is 2.15 bits per heavy atom. The van der Waals surface area contributed by atoms with Gasteiger partial charge in [-0.1, -0.05) is 26.0 Å². The molecule has 0 saturated carbocycles. The number of benzene rings is 1. The summed E-state index contributed by atoms with van der Waals surface area (Å²) < 4.78 is 48.5. The van der Waals surface area contributed by atoms with Gasteiger partial charge >= 0.3 is 12.3 Å². The molecule has 184 valence electrons. The zero-order valence-corrected chi connectivity index (χ0v) is 19.7. The summed E-state index contributed by atoms with van der Waals surface area (Å²) in [5, 5.41) is 0. The Bertz CT molecular complexity index is 826. The zero-order valence-electron chi connectivity index (χ0n) is 19.7. The zero-order chi connectivity index (χ0) is 25.1. The first-order valence-electron chi connectivity index (χ1n) is 10.7. The first-order valence-corrected chi connectivity index (χ1v) is 10.7. The number of anilines is 1. The largest absolute Gasteiger partial charge is 0.444 e. The van der Waals surface area contributed by atoms with Crippen molar-refractivity contribution in [1.29, 1.82) is 0 Å². The van der Waals surface area contributed by atoms with E-state index in [4.69, 9.17) is 15.2 Å². The highest BCUT2D eigenvalue weighted by Gasteiger charge is 2.31. The summed E-state index contributed by atoms with van der Waals surface area (Å²) in [5.41, 5.74) is 4.58. The van der Waals surface area contributed by atoms with E-state index < -0.39 is 17.3 Å². The molecule has 0 radical (unpaired) electrons. The molecular weight excluding hydrogens is 437 g/mol. The fraction of sp³-hybridized carbons (Fsp3) is 0.522. The molecule has 33 heavy (non-hydrogen) atoms. The second kappa shape index (κ2) is 13.0. The second-order valence-corrected chi connectivity index (χ2v) is 7.95. The summed E-state index contributed by atoms with van der Waals surface area (Å²) in [6.45, 7) is 10.6. The molecule has 2 aromatic rings. The number of nitrogen functional groups attached to an aromatic ring is 1. The maximum atomic E-state index is 12.5. The highest BCUT2D eigenvalue weighted by molar-refractivity contribution is 5.68. The summed E-state index contributed by atoms with van der Waals surface area (Å²) in [7, 11) is 0. The molecule has 1 unspecified atom stereocenters. The molecule has 1 fully saturated rings. The average molecular weight is 471 g/mol. The van der Waals surface area contributed by atoms with Crippen LogP contribution in [0.5, 0.6) is 0 Å². The van der Waals surface area contributed by atoms with Gasteiger partial charge in [0.2, 0.25) is 5.95 Å². The molecule has 7 nitrogen and oxygen atoms in total. The molecule has 1 aliphatic heterocycles. The number of likely N-dealkylation sites (tertiary alicyclic amines) is 1. The van der Waals surface area contributed by atoms with E-state index in [2.05, 4.69) is 9.97 Å². The predicted octanol–water partition coefficient (Wildman–Crippen LogP) is 5.32. The molecule has 1 amide bonds. The lowest BCUT2D eigenvalue weighted by molar-refractivity contribution is -0.137. The van der Waals surface area contributed by atoms with Crippen molar-refractivity contribution >= 4 is 12.0 Å². The van der Waals surface area contributed by atoms with Crippen LogP contribution in [-0.2, 0) is 22.3 Å². The Hall–Kier alpha value is -2.88. The van der Waals surface area contributed by atoms with Crippen molar-refractivity contribution in [2.75, 3.05) is 18.8 Å². The predicted molar refractivity (Wildman–Crippen MR) is 120 cm³/mol. The van der Waals surface area contributed by atoms with E-state index in [9.17, 15) is 18.0 Å². The number of carbonyl (C=O) groups is 1. The Kier molecular flexibility index (Phi) is 11.1. The van der Waals surface area contributed by atoms with Crippen molar-refractivity contribution in [2.24, 2.45) is 0 Å². The third kappa shape index (κ3) is 11.0. The van der Waals surface area contributed by atoms with Gasteiger partial charge in [-0.05, 0) is 51.0 Å². The summed E-state index contributed by atoms with van der Waals surface area (Å²) in [6, 6.07) is 6.61. The van der Waals surface area contributed by atoms with Crippen LogP contribution in [0, 0.1) is 0 Å². The van der Waals surface area contributed by atoms with E-state index in [-0.39, 0.29) is 18.8 Å². The topological polar surface area (TPSA) is 90.6 Å². The Labute approximate surface area is 193 Å².